The van der Waals surface area contributed by atoms with Gasteiger partial charge in [-0.3, -0.25) is 14.4 Å². The van der Waals surface area contributed by atoms with Crippen molar-refractivity contribution in [3.63, 3.8) is 0 Å². The molecule has 0 atom stereocenters. The van der Waals surface area contributed by atoms with Crippen molar-refractivity contribution < 1.29 is 23.2 Å². The van der Waals surface area contributed by atoms with Crippen molar-refractivity contribution in [2.45, 2.75) is 37.6 Å². The SMILES string of the molecule is CN(C)C1CCN(C(=O)/C=C2/c3ccccc3N(C(=O)c3ccc(NC(=O)Cc4cccn4C)cc3)CCC2(F)F)CC1.Cl. The number of amides is 3. The van der Waals surface area contributed by atoms with E-state index in [1.165, 1.54) is 11.0 Å². The van der Waals surface area contributed by atoms with Crippen LogP contribution in [-0.2, 0) is 23.1 Å². The molecule has 3 amide bonds. The number of likely N-dealkylation sites (tertiary alicyclic amines) is 1. The normalized spacial score (nSPS) is 17.5. The number of nitrogens with zero attached hydrogens (tertiary/aromatic N) is 4. The molecule has 1 N–H and O–H groups in total. The van der Waals surface area contributed by atoms with Crippen LogP contribution in [-0.4, -0.2) is 77.8 Å². The van der Waals surface area contributed by atoms with Crippen molar-refractivity contribution in [1.82, 2.24) is 14.4 Å². The molecule has 44 heavy (non-hydrogen) atoms. The Morgan fingerprint density at radius 1 is 0.977 bits per heavy atom. The van der Waals surface area contributed by atoms with Gasteiger partial charge < -0.3 is 24.6 Å². The number of piperidine rings is 1. The molecule has 1 fully saturated rings. The lowest BCUT2D eigenvalue weighted by atomic mass is 9.96. The number of benzene rings is 2. The van der Waals surface area contributed by atoms with Gasteiger partial charge >= 0.3 is 0 Å². The Balaban J connectivity index is 0.00000442. The number of para-hydroxylation sites is 1. The van der Waals surface area contributed by atoms with Gasteiger partial charge in [0.2, 0.25) is 11.8 Å². The van der Waals surface area contributed by atoms with Gasteiger partial charge in [0, 0.05) is 79.5 Å². The van der Waals surface area contributed by atoms with Crippen molar-refractivity contribution in [3.8, 4) is 0 Å². The van der Waals surface area contributed by atoms with Crippen LogP contribution in [0.25, 0.3) is 5.57 Å². The van der Waals surface area contributed by atoms with Gasteiger partial charge in [-0.2, -0.15) is 0 Å². The van der Waals surface area contributed by atoms with Crippen LogP contribution in [0.5, 0.6) is 0 Å². The maximum Gasteiger partial charge on any atom is 0.275 e. The number of nitrogens with one attached hydrogen (secondary N) is 1. The summed E-state index contributed by atoms with van der Waals surface area (Å²) in [7, 11) is 5.87. The average molecular weight is 626 g/mol. The second-order valence-electron chi connectivity index (χ2n) is 11.4. The van der Waals surface area contributed by atoms with Crippen LogP contribution in [0.15, 0.2) is 72.9 Å². The highest BCUT2D eigenvalue weighted by atomic mass is 35.5. The zero-order chi connectivity index (χ0) is 30.7. The molecule has 3 heterocycles. The van der Waals surface area contributed by atoms with Gasteiger partial charge in [0.25, 0.3) is 11.8 Å². The number of carbonyl (C=O) groups is 3. The smallest absolute Gasteiger partial charge is 0.275 e. The van der Waals surface area contributed by atoms with E-state index in [0.717, 1.165) is 24.6 Å². The van der Waals surface area contributed by atoms with Gasteiger partial charge in [-0.05, 0) is 69.4 Å². The van der Waals surface area contributed by atoms with Gasteiger partial charge in [-0.15, -0.1) is 12.4 Å². The minimum absolute atomic E-state index is 0. The number of hydrogen-bond acceptors (Lipinski definition) is 4. The van der Waals surface area contributed by atoms with Crippen LogP contribution < -0.4 is 10.2 Å². The summed E-state index contributed by atoms with van der Waals surface area (Å²) in [4.78, 5) is 44.4. The number of rotatable bonds is 6. The molecule has 1 saturated heterocycles. The van der Waals surface area contributed by atoms with E-state index in [2.05, 4.69) is 10.2 Å². The van der Waals surface area contributed by atoms with E-state index in [-0.39, 0.29) is 42.4 Å². The molecule has 11 heteroatoms. The van der Waals surface area contributed by atoms with Gasteiger partial charge in [0.1, 0.15) is 0 Å². The Bertz CT molecular complexity index is 1530. The van der Waals surface area contributed by atoms with Crippen molar-refractivity contribution in [2.75, 3.05) is 43.9 Å². The Hall–Kier alpha value is -4.02. The van der Waals surface area contributed by atoms with Gasteiger partial charge in [0.05, 0.1) is 12.1 Å². The number of hydrogen-bond donors (Lipinski definition) is 1. The highest BCUT2D eigenvalue weighted by molar-refractivity contribution is 6.09. The minimum Gasteiger partial charge on any atom is -0.354 e. The molecule has 8 nitrogen and oxygen atoms in total. The van der Waals surface area contributed by atoms with Gasteiger partial charge in [0.15, 0.2) is 0 Å². The number of fused-ring (bicyclic) bond motifs is 1. The third kappa shape index (κ3) is 7.19. The largest absolute Gasteiger partial charge is 0.354 e. The number of halogens is 3. The minimum atomic E-state index is -3.31. The van der Waals surface area contributed by atoms with Gasteiger partial charge in [-0.1, -0.05) is 18.2 Å². The first-order valence-corrected chi connectivity index (χ1v) is 14.5. The molecule has 0 spiro atoms. The van der Waals surface area contributed by atoms with E-state index < -0.39 is 24.2 Å². The monoisotopic (exact) mass is 625 g/mol. The number of carbonyl (C=O) groups excluding carboxylic acids is 3. The summed E-state index contributed by atoms with van der Waals surface area (Å²) in [6.45, 7) is 0.787. The number of aryl methyl sites for hydroxylation is 1. The molecule has 2 aliphatic rings. The third-order valence-electron chi connectivity index (χ3n) is 8.36. The highest BCUT2D eigenvalue weighted by Gasteiger charge is 2.42. The number of allylic oxidation sites excluding steroid dienone is 1. The first-order chi connectivity index (χ1) is 20.5. The number of alkyl halides is 2. The molecule has 0 unspecified atom stereocenters. The number of anilines is 2. The molecule has 2 aromatic carbocycles. The Kier molecular flexibility index (Phi) is 10.3. The van der Waals surface area contributed by atoms with Crippen LogP contribution in [0.1, 0.15) is 40.9 Å². The molecule has 234 valence electrons. The Labute approximate surface area is 262 Å². The zero-order valence-electron chi connectivity index (χ0n) is 25.1. The lowest BCUT2D eigenvalue weighted by Gasteiger charge is -2.35. The maximum absolute atomic E-state index is 15.7. The summed E-state index contributed by atoms with van der Waals surface area (Å²) in [5.41, 5.74) is 1.82. The Morgan fingerprint density at radius 2 is 1.66 bits per heavy atom. The zero-order valence-corrected chi connectivity index (χ0v) is 25.9. The summed E-state index contributed by atoms with van der Waals surface area (Å²) in [5, 5.41) is 2.83. The summed E-state index contributed by atoms with van der Waals surface area (Å²) in [6, 6.07) is 17.0. The first-order valence-electron chi connectivity index (χ1n) is 14.5. The predicted molar refractivity (Wildman–Crippen MR) is 170 cm³/mol. The topological polar surface area (TPSA) is 77.9 Å². The second kappa shape index (κ2) is 13.7. The van der Waals surface area contributed by atoms with Crippen LogP contribution in [0.4, 0.5) is 20.2 Å². The standard InChI is InChI=1S/C33H37F2N5O3.ClH/c1-37(2)25-14-18-39(19-15-25)31(42)22-28-27-8-4-5-9-29(27)40(20-16-33(28,34)35)32(43)23-10-12-24(13-11-23)36-30(41)21-26-7-6-17-38(26)3;/h4-13,17,22,25H,14-16,18-21H2,1-3H3,(H,36,41);1H/b28-22-;. The fourth-order valence-corrected chi connectivity index (χ4v) is 5.75. The van der Waals surface area contributed by atoms with Crippen LogP contribution >= 0.6 is 12.4 Å². The van der Waals surface area contributed by atoms with E-state index in [9.17, 15) is 14.4 Å². The van der Waals surface area contributed by atoms with Crippen LogP contribution in [0.2, 0.25) is 0 Å². The first kappa shape index (κ1) is 32.9. The molecule has 3 aromatic rings. The molecule has 0 aliphatic carbocycles. The molecule has 5 rings (SSSR count). The molecule has 2 aliphatic heterocycles. The van der Waals surface area contributed by atoms with Gasteiger partial charge in [-0.25, -0.2) is 8.78 Å². The molecule has 0 radical (unpaired) electrons. The second-order valence-corrected chi connectivity index (χ2v) is 11.4. The molecular weight excluding hydrogens is 588 g/mol. The van der Waals surface area contributed by atoms with E-state index >= 15 is 8.78 Å². The fourth-order valence-electron chi connectivity index (χ4n) is 5.75. The van der Waals surface area contributed by atoms with Crippen molar-refractivity contribution in [2.24, 2.45) is 7.05 Å². The fraction of sp³-hybridized carbons (Fsp3) is 0.364. The quantitative estimate of drug-likeness (QED) is 0.380. The lowest BCUT2D eigenvalue weighted by molar-refractivity contribution is -0.127. The predicted octanol–water partition coefficient (Wildman–Crippen LogP) is 5.25. The molecule has 0 bridgehead atoms. The van der Waals surface area contributed by atoms with Crippen molar-refractivity contribution in [1.29, 1.82) is 0 Å². The van der Waals surface area contributed by atoms with Crippen molar-refractivity contribution >= 4 is 47.1 Å². The van der Waals surface area contributed by atoms with E-state index in [1.807, 2.05) is 44.0 Å². The third-order valence-corrected chi connectivity index (χ3v) is 8.36. The molecule has 1 aromatic heterocycles. The van der Waals surface area contributed by atoms with Crippen molar-refractivity contribution in [3.05, 3.63) is 89.8 Å². The highest BCUT2D eigenvalue weighted by Crippen LogP contribution is 2.43. The van der Waals surface area contributed by atoms with E-state index in [4.69, 9.17) is 0 Å². The number of aromatic nitrogens is 1. The summed E-state index contributed by atoms with van der Waals surface area (Å²) < 4.78 is 33.2. The van der Waals surface area contributed by atoms with E-state index in [0.29, 0.717) is 36.1 Å². The van der Waals surface area contributed by atoms with Crippen LogP contribution in [0, 0.1) is 0 Å². The summed E-state index contributed by atoms with van der Waals surface area (Å²) >= 11 is 0. The molecular formula is C33H38ClF2N5O3. The maximum atomic E-state index is 15.7. The lowest BCUT2D eigenvalue weighted by Crippen LogP contribution is -2.44. The van der Waals surface area contributed by atoms with Crippen LogP contribution in [0.3, 0.4) is 0 Å². The Morgan fingerprint density at radius 3 is 2.30 bits per heavy atom. The molecule has 0 saturated carbocycles. The van der Waals surface area contributed by atoms with E-state index in [1.54, 1.807) is 47.4 Å². The summed E-state index contributed by atoms with van der Waals surface area (Å²) in [6.07, 6.45) is 4.08. The summed E-state index contributed by atoms with van der Waals surface area (Å²) in [5.74, 6) is -4.38. The average Bonchev–Trinajstić information content (AvgIpc) is 3.35.